The predicted octanol–water partition coefficient (Wildman–Crippen LogP) is 3.39. The van der Waals surface area contributed by atoms with Crippen LogP contribution < -0.4 is 10.1 Å². The zero-order valence-electron chi connectivity index (χ0n) is 15.9. The maximum atomic E-state index is 13.6. The first-order chi connectivity index (χ1) is 13.0. The smallest absolute Gasteiger partial charge is 0.263 e. The van der Waals surface area contributed by atoms with Gasteiger partial charge in [-0.25, -0.2) is 4.39 Å². The maximum absolute atomic E-state index is 13.6. The number of Topliss-reactive ketones (excluding diaryl/α,β-unsaturated/α-hetero) is 1. The van der Waals surface area contributed by atoms with E-state index in [1.807, 2.05) is 6.07 Å². The Morgan fingerprint density at radius 1 is 1.21 bits per heavy atom. The van der Waals surface area contributed by atoms with E-state index >= 15 is 0 Å². The fraction of sp³-hybridized carbons (Fsp3) is 0.333. The molecule has 2 atom stereocenters. The summed E-state index contributed by atoms with van der Waals surface area (Å²) in [5.41, 5.74) is 1.29. The molecule has 2 aromatic carbocycles. The quantitative estimate of drug-likeness (QED) is 0.773. The zero-order chi connectivity index (χ0) is 19.4. The van der Waals surface area contributed by atoms with E-state index in [2.05, 4.69) is 5.32 Å². The normalized spacial score (nSPS) is 17.4. The van der Waals surface area contributed by atoms with Gasteiger partial charge in [0.05, 0.1) is 6.04 Å². The van der Waals surface area contributed by atoms with Crippen molar-refractivity contribution in [3.63, 3.8) is 0 Å². The second-order valence-electron chi connectivity index (χ2n) is 6.65. The highest BCUT2D eigenvalue weighted by Gasteiger charge is 2.31. The largest absolute Gasteiger partial charge is 0.481 e. The number of halogens is 2. The molecule has 1 saturated heterocycles. The van der Waals surface area contributed by atoms with Crippen LogP contribution in [-0.2, 0) is 4.79 Å². The predicted molar refractivity (Wildman–Crippen MR) is 108 cm³/mol. The Morgan fingerprint density at radius 3 is 2.68 bits per heavy atom. The zero-order valence-corrected chi connectivity index (χ0v) is 16.7. The average molecular weight is 407 g/mol. The summed E-state index contributed by atoms with van der Waals surface area (Å²) in [5.74, 6) is -0.0801. The highest BCUT2D eigenvalue weighted by molar-refractivity contribution is 5.94. The van der Waals surface area contributed by atoms with Crippen LogP contribution >= 0.6 is 12.4 Å². The molecule has 7 heteroatoms. The lowest BCUT2D eigenvalue weighted by atomic mass is 10.0. The summed E-state index contributed by atoms with van der Waals surface area (Å²) in [7, 11) is 0. The molecule has 5 nitrogen and oxygen atoms in total. The Balaban J connectivity index is 0.00000280. The Hall–Kier alpha value is -2.44. The van der Waals surface area contributed by atoms with E-state index in [9.17, 15) is 14.0 Å². The number of hydrogen-bond acceptors (Lipinski definition) is 4. The number of amides is 1. The minimum absolute atomic E-state index is 0. The summed E-state index contributed by atoms with van der Waals surface area (Å²) < 4.78 is 19.4. The van der Waals surface area contributed by atoms with Crippen molar-refractivity contribution >= 4 is 24.1 Å². The number of benzene rings is 2. The van der Waals surface area contributed by atoms with E-state index in [0.29, 0.717) is 30.9 Å². The molecule has 0 aliphatic carbocycles. The molecular weight excluding hydrogens is 383 g/mol. The molecule has 1 amide bonds. The standard InChI is InChI=1S/C21H23FN2O3.ClH/c1-14(25)16-5-4-8-19(12-16)27-15(2)21(26)24-10-9-23-13-20(24)17-6-3-7-18(22)11-17;/h3-8,11-12,15,20,23H,9-10,13H2,1-2H3;1H. The Morgan fingerprint density at radius 2 is 1.96 bits per heavy atom. The number of carbonyl (C=O) groups is 2. The van der Waals surface area contributed by atoms with Crippen molar-refractivity contribution in [2.24, 2.45) is 0 Å². The number of rotatable bonds is 5. The van der Waals surface area contributed by atoms with Gasteiger partial charge in [0.2, 0.25) is 0 Å². The van der Waals surface area contributed by atoms with Crippen LogP contribution in [0, 0.1) is 5.82 Å². The Kier molecular flexibility index (Phi) is 7.54. The SMILES string of the molecule is CC(=O)c1cccc(OC(C)C(=O)N2CCNCC2c2cccc(F)c2)c1.Cl. The van der Waals surface area contributed by atoms with Crippen molar-refractivity contribution in [1.29, 1.82) is 0 Å². The molecule has 1 fully saturated rings. The van der Waals surface area contributed by atoms with Crippen LogP contribution in [0.2, 0.25) is 0 Å². The fourth-order valence-electron chi connectivity index (χ4n) is 3.26. The van der Waals surface area contributed by atoms with Crippen LogP contribution in [0.3, 0.4) is 0 Å². The number of nitrogens with zero attached hydrogens (tertiary/aromatic N) is 1. The molecular formula is C21H24ClFN2O3. The highest BCUT2D eigenvalue weighted by atomic mass is 35.5. The number of carbonyl (C=O) groups excluding carboxylic acids is 2. The molecule has 0 saturated carbocycles. The molecule has 1 N–H and O–H groups in total. The van der Waals surface area contributed by atoms with Crippen LogP contribution in [0.4, 0.5) is 4.39 Å². The lowest BCUT2D eigenvalue weighted by Gasteiger charge is -2.38. The van der Waals surface area contributed by atoms with Crippen LogP contribution in [0.15, 0.2) is 48.5 Å². The van der Waals surface area contributed by atoms with Gasteiger partial charge in [0.1, 0.15) is 11.6 Å². The van der Waals surface area contributed by atoms with Gasteiger partial charge in [-0.3, -0.25) is 9.59 Å². The van der Waals surface area contributed by atoms with Gasteiger partial charge in [0, 0.05) is 25.2 Å². The average Bonchev–Trinajstić information content (AvgIpc) is 2.67. The monoisotopic (exact) mass is 406 g/mol. The van der Waals surface area contributed by atoms with Crippen molar-refractivity contribution in [2.45, 2.75) is 26.0 Å². The molecule has 3 rings (SSSR count). The van der Waals surface area contributed by atoms with Crippen LogP contribution in [0.1, 0.15) is 35.8 Å². The molecule has 28 heavy (non-hydrogen) atoms. The first-order valence-electron chi connectivity index (χ1n) is 9.00. The van der Waals surface area contributed by atoms with Gasteiger partial charge in [-0.15, -0.1) is 12.4 Å². The molecule has 2 aromatic rings. The molecule has 0 aromatic heterocycles. The van der Waals surface area contributed by atoms with Crippen LogP contribution in [0.5, 0.6) is 5.75 Å². The number of piperazine rings is 1. The second kappa shape index (κ2) is 9.66. The number of hydrogen-bond donors (Lipinski definition) is 1. The van der Waals surface area contributed by atoms with Crippen molar-refractivity contribution in [3.05, 3.63) is 65.5 Å². The van der Waals surface area contributed by atoms with Gasteiger partial charge in [-0.1, -0.05) is 24.3 Å². The van der Waals surface area contributed by atoms with E-state index in [1.165, 1.54) is 19.1 Å². The number of ether oxygens (including phenoxy) is 1. The Labute approximate surface area is 170 Å². The molecule has 150 valence electrons. The minimum atomic E-state index is -0.721. The van der Waals surface area contributed by atoms with Gasteiger partial charge in [0.25, 0.3) is 5.91 Å². The number of ketones is 1. The third-order valence-electron chi connectivity index (χ3n) is 4.66. The minimum Gasteiger partial charge on any atom is -0.481 e. The molecule has 1 heterocycles. The molecule has 0 radical (unpaired) electrons. The number of nitrogens with one attached hydrogen (secondary N) is 1. The fourth-order valence-corrected chi connectivity index (χ4v) is 3.26. The van der Waals surface area contributed by atoms with E-state index in [4.69, 9.17) is 4.74 Å². The molecule has 0 spiro atoms. The van der Waals surface area contributed by atoms with Crippen molar-refractivity contribution < 1.29 is 18.7 Å². The van der Waals surface area contributed by atoms with Gasteiger partial charge in [0.15, 0.2) is 11.9 Å². The lowest BCUT2D eigenvalue weighted by molar-refractivity contribution is -0.141. The van der Waals surface area contributed by atoms with E-state index in [1.54, 1.807) is 42.2 Å². The Bertz CT molecular complexity index is 846. The molecule has 0 bridgehead atoms. The first kappa shape index (κ1) is 21.9. The van der Waals surface area contributed by atoms with Crippen molar-refractivity contribution in [1.82, 2.24) is 10.2 Å². The van der Waals surface area contributed by atoms with Crippen LogP contribution in [-0.4, -0.2) is 42.3 Å². The summed E-state index contributed by atoms with van der Waals surface area (Å²) in [6.45, 7) is 4.92. The third kappa shape index (κ3) is 5.09. The highest BCUT2D eigenvalue weighted by Crippen LogP contribution is 2.25. The second-order valence-corrected chi connectivity index (χ2v) is 6.65. The van der Waals surface area contributed by atoms with Gasteiger partial charge in [-0.05, 0) is 43.7 Å². The van der Waals surface area contributed by atoms with Gasteiger partial charge >= 0.3 is 0 Å². The third-order valence-corrected chi connectivity index (χ3v) is 4.66. The topological polar surface area (TPSA) is 58.6 Å². The van der Waals surface area contributed by atoms with Crippen LogP contribution in [0.25, 0.3) is 0 Å². The van der Waals surface area contributed by atoms with Gasteiger partial charge < -0.3 is 15.0 Å². The summed E-state index contributed by atoms with van der Waals surface area (Å²) in [5, 5.41) is 3.25. The molecule has 1 aliphatic rings. The summed E-state index contributed by atoms with van der Waals surface area (Å²) in [6.07, 6.45) is -0.721. The summed E-state index contributed by atoms with van der Waals surface area (Å²) in [6, 6.07) is 12.8. The van der Waals surface area contributed by atoms with Crippen molar-refractivity contribution in [3.8, 4) is 5.75 Å². The van der Waals surface area contributed by atoms with Gasteiger partial charge in [-0.2, -0.15) is 0 Å². The summed E-state index contributed by atoms with van der Waals surface area (Å²) in [4.78, 5) is 26.3. The van der Waals surface area contributed by atoms with E-state index < -0.39 is 6.10 Å². The molecule has 2 unspecified atom stereocenters. The van der Waals surface area contributed by atoms with Crippen molar-refractivity contribution in [2.75, 3.05) is 19.6 Å². The summed E-state index contributed by atoms with van der Waals surface area (Å²) >= 11 is 0. The van der Waals surface area contributed by atoms with E-state index in [0.717, 1.165) is 5.56 Å². The lowest BCUT2D eigenvalue weighted by Crippen LogP contribution is -2.52. The first-order valence-corrected chi connectivity index (χ1v) is 9.00. The molecule has 1 aliphatic heterocycles. The van der Waals surface area contributed by atoms with E-state index in [-0.39, 0.29) is 36.0 Å². The maximum Gasteiger partial charge on any atom is 0.263 e.